The molecule has 0 aliphatic carbocycles. The van der Waals surface area contributed by atoms with Gasteiger partial charge in [0.2, 0.25) is 5.88 Å². The first kappa shape index (κ1) is 26.7. The number of hydrogen-bond donors (Lipinski definition) is 1. The minimum Gasteiger partial charge on any atom is -0.492 e. The number of nitriles is 1. The second kappa shape index (κ2) is 11.3. The molecule has 12 heteroatoms. The number of aromatic carboxylic acids is 1. The number of carboxylic acids is 1. The monoisotopic (exact) mass is 579 g/mol. The zero-order chi connectivity index (χ0) is 29.3. The zero-order valence-electron chi connectivity index (χ0n) is 23.3. The van der Waals surface area contributed by atoms with E-state index in [1.165, 1.54) is 0 Å². The van der Waals surface area contributed by atoms with Gasteiger partial charge in [0.1, 0.15) is 30.3 Å². The number of carboxylic acid groups (broad SMARTS) is 1. The van der Waals surface area contributed by atoms with Crippen LogP contribution in [0.1, 0.15) is 39.3 Å². The molecule has 4 aromatic rings. The smallest absolute Gasteiger partial charge is 0.335 e. The van der Waals surface area contributed by atoms with Gasteiger partial charge in [0, 0.05) is 36.8 Å². The third kappa shape index (κ3) is 5.30. The molecule has 1 saturated heterocycles. The normalized spacial score (nSPS) is 17.3. The van der Waals surface area contributed by atoms with Crippen LogP contribution in [-0.2, 0) is 30.9 Å². The molecule has 0 radical (unpaired) electrons. The number of imidazole rings is 1. The van der Waals surface area contributed by atoms with Crippen LogP contribution in [0.5, 0.6) is 11.6 Å². The Morgan fingerprint density at radius 2 is 2.05 bits per heavy atom. The van der Waals surface area contributed by atoms with E-state index in [-0.39, 0.29) is 18.3 Å². The van der Waals surface area contributed by atoms with Gasteiger partial charge >= 0.3 is 5.97 Å². The summed E-state index contributed by atoms with van der Waals surface area (Å²) in [4.78, 5) is 23.1. The molecule has 0 saturated carbocycles. The van der Waals surface area contributed by atoms with Gasteiger partial charge in [-0.3, -0.25) is 5.01 Å². The second-order valence-electron chi connectivity index (χ2n) is 10.7. The Balaban J connectivity index is 1.04. The average molecular weight is 580 g/mol. The summed E-state index contributed by atoms with van der Waals surface area (Å²) in [5.74, 6) is 1.79. The van der Waals surface area contributed by atoms with Crippen LogP contribution in [0.15, 0.2) is 53.6 Å². The van der Waals surface area contributed by atoms with E-state index in [2.05, 4.69) is 20.7 Å². The van der Waals surface area contributed by atoms with Crippen LogP contribution in [0.2, 0.25) is 0 Å². The molecule has 1 N–H and O–H groups in total. The highest BCUT2D eigenvalue weighted by atomic mass is 16.5. The van der Waals surface area contributed by atoms with Crippen LogP contribution in [0.25, 0.3) is 11.0 Å². The highest BCUT2D eigenvalue weighted by Crippen LogP contribution is 2.33. The lowest BCUT2D eigenvalue weighted by Gasteiger charge is -2.30. The van der Waals surface area contributed by atoms with Crippen molar-refractivity contribution in [2.45, 2.75) is 38.6 Å². The van der Waals surface area contributed by atoms with E-state index in [1.54, 1.807) is 24.5 Å². The van der Waals surface area contributed by atoms with Gasteiger partial charge in [-0.25, -0.2) is 9.78 Å². The summed E-state index contributed by atoms with van der Waals surface area (Å²) < 4.78 is 19.5. The first-order chi connectivity index (χ1) is 21.1. The van der Waals surface area contributed by atoms with E-state index in [9.17, 15) is 15.2 Å². The van der Waals surface area contributed by atoms with Crippen LogP contribution in [0.4, 0.5) is 5.82 Å². The Bertz CT molecular complexity index is 1770. The van der Waals surface area contributed by atoms with Crippen molar-refractivity contribution in [3.8, 4) is 17.7 Å². The molecular formula is C31H29N7O5. The Labute approximate surface area is 247 Å². The molecule has 43 heavy (non-hydrogen) atoms. The highest BCUT2D eigenvalue weighted by molar-refractivity contribution is 5.92. The van der Waals surface area contributed by atoms with E-state index >= 15 is 0 Å². The van der Waals surface area contributed by atoms with Gasteiger partial charge in [-0.15, -0.1) is 0 Å². The Hall–Kier alpha value is -5.15. The Morgan fingerprint density at radius 1 is 1.14 bits per heavy atom. The van der Waals surface area contributed by atoms with Crippen LogP contribution < -0.4 is 14.4 Å². The maximum absolute atomic E-state index is 11.6. The summed E-state index contributed by atoms with van der Waals surface area (Å²) >= 11 is 0. The van der Waals surface area contributed by atoms with E-state index < -0.39 is 5.97 Å². The molecule has 2 aromatic heterocycles. The number of aromatic nitrogens is 3. The van der Waals surface area contributed by atoms with Gasteiger partial charge in [0.05, 0.1) is 60.6 Å². The lowest BCUT2D eigenvalue weighted by Crippen LogP contribution is -2.38. The van der Waals surface area contributed by atoms with Gasteiger partial charge < -0.3 is 28.8 Å². The summed E-state index contributed by atoms with van der Waals surface area (Å²) in [5, 5.41) is 25.5. The zero-order valence-corrected chi connectivity index (χ0v) is 23.3. The number of fused-ring (bicyclic) bond motifs is 2. The summed E-state index contributed by atoms with van der Waals surface area (Å²) in [6.45, 7) is 3.99. The van der Waals surface area contributed by atoms with Crippen molar-refractivity contribution < 1.29 is 24.1 Å². The number of ether oxygens (including phenoxy) is 3. The van der Waals surface area contributed by atoms with E-state index in [4.69, 9.17) is 19.2 Å². The third-order valence-electron chi connectivity index (χ3n) is 7.97. The molecule has 1 atom stereocenters. The molecule has 2 aromatic carbocycles. The van der Waals surface area contributed by atoms with Crippen molar-refractivity contribution in [3.63, 3.8) is 0 Å². The number of hydrazone groups is 1. The second-order valence-corrected chi connectivity index (χ2v) is 10.7. The van der Waals surface area contributed by atoms with Gasteiger partial charge in [-0.1, -0.05) is 12.1 Å². The van der Waals surface area contributed by atoms with Crippen molar-refractivity contribution in [2.24, 2.45) is 5.10 Å². The average Bonchev–Trinajstić information content (AvgIpc) is 3.63. The first-order valence-corrected chi connectivity index (χ1v) is 14.2. The predicted molar refractivity (Wildman–Crippen MR) is 156 cm³/mol. The minimum absolute atomic E-state index is 0.0934. The number of anilines is 1. The maximum atomic E-state index is 11.6. The SMILES string of the molecule is N#Cc1ccc(COc2cccc(N3C=NN(Cc4nc5ccc(C(=O)O)cc5n4CC4CCO4)CC3)n2)c2c1CCO2. The van der Waals surface area contributed by atoms with Crippen molar-refractivity contribution in [1.29, 1.82) is 5.26 Å². The molecule has 0 spiro atoms. The lowest BCUT2D eigenvalue weighted by atomic mass is 10.0. The van der Waals surface area contributed by atoms with Crippen LogP contribution >= 0.6 is 0 Å². The maximum Gasteiger partial charge on any atom is 0.335 e. The molecule has 7 rings (SSSR count). The number of pyridine rings is 1. The lowest BCUT2D eigenvalue weighted by molar-refractivity contribution is -0.0592. The van der Waals surface area contributed by atoms with Crippen molar-refractivity contribution in [1.82, 2.24) is 19.5 Å². The molecule has 5 heterocycles. The van der Waals surface area contributed by atoms with Crippen LogP contribution in [0, 0.1) is 11.3 Å². The molecular weight excluding hydrogens is 550 g/mol. The minimum atomic E-state index is -0.966. The number of rotatable bonds is 9. The van der Waals surface area contributed by atoms with E-state index in [1.807, 2.05) is 40.2 Å². The molecule has 3 aliphatic rings. The number of hydrogen-bond acceptors (Lipinski definition) is 10. The molecule has 3 aliphatic heterocycles. The molecule has 1 fully saturated rings. The Kier molecular flexibility index (Phi) is 7.00. The van der Waals surface area contributed by atoms with Gasteiger partial charge in [0.15, 0.2) is 0 Å². The first-order valence-electron chi connectivity index (χ1n) is 14.2. The molecule has 1 unspecified atom stereocenters. The summed E-state index contributed by atoms with van der Waals surface area (Å²) in [7, 11) is 0. The fourth-order valence-electron chi connectivity index (χ4n) is 5.57. The topological polar surface area (TPSA) is 138 Å². The number of nitrogens with zero attached hydrogens (tertiary/aromatic N) is 7. The standard InChI is InChI=1S/C31H29N7O5/c32-15-21-4-5-22(30-24(21)9-13-42-30)18-43-29-3-1-2-27(35-29)36-10-11-37(33-19-36)17-28-34-25-7-6-20(31(39)40)14-26(25)38(28)16-23-8-12-41-23/h1-7,14,19,23H,8-13,16-18H2,(H,39,40). The third-order valence-corrected chi connectivity index (χ3v) is 7.97. The molecule has 218 valence electrons. The van der Waals surface area contributed by atoms with Gasteiger partial charge in [-0.2, -0.15) is 15.3 Å². The fourth-order valence-corrected chi connectivity index (χ4v) is 5.57. The van der Waals surface area contributed by atoms with Gasteiger partial charge in [0.25, 0.3) is 0 Å². The summed E-state index contributed by atoms with van der Waals surface area (Å²) in [6, 6.07) is 16.6. The van der Waals surface area contributed by atoms with Crippen molar-refractivity contribution in [3.05, 3.63) is 76.6 Å². The summed E-state index contributed by atoms with van der Waals surface area (Å²) in [5.41, 5.74) is 4.24. The quantitative estimate of drug-likeness (QED) is 0.313. The number of carbonyl (C=O) groups is 1. The van der Waals surface area contributed by atoms with E-state index in [0.717, 1.165) is 59.0 Å². The van der Waals surface area contributed by atoms with E-state index in [0.29, 0.717) is 44.2 Å². The fraction of sp³-hybridized carbons (Fsp3) is 0.323. The Morgan fingerprint density at radius 3 is 2.81 bits per heavy atom. The predicted octanol–water partition coefficient (Wildman–Crippen LogP) is 3.57. The molecule has 0 amide bonds. The number of benzene rings is 2. The van der Waals surface area contributed by atoms with Crippen LogP contribution in [-0.4, -0.2) is 69.4 Å². The summed E-state index contributed by atoms with van der Waals surface area (Å²) in [6.07, 6.45) is 3.54. The highest BCUT2D eigenvalue weighted by Gasteiger charge is 2.24. The van der Waals surface area contributed by atoms with Crippen molar-refractivity contribution >= 4 is 29.2 Å². The molecule has 0 bridgehead atoms. The van der Waals surface area contributed by atoms with Crippen molar-refractivity contribution in [2.75, 3.05) is 31.2 Å². The molecule has 12 nitrogen and oxygen atoms in total. The van der Waals surface area contributed by atoms with Gasteiger partial charge in [-0.05, 0) is 36.8 Å². The van der Waals surface area contributed by atoms with Crippen LogP contribution in [0.3, 0.4) is 0 Å². The largest absolute Gasteiger partial charge is 0.492 e.